The van der Waals surface area contributed by atoms with Gasteiger partial charge in [-0.05, 0) is 56.3 Å². The molecule has 18 heavy (non-hydrogen) atoms. The van der Waals surface area contributed by atoms with E-state index in [0.717, 1.165) is 24.5 Å². The Morgan fingerprint density at radius 2 is 2.17 bits per heavy atom. The van der Waals surface area contributed by atoms with Crippen molar-refractivity contribution in [3.05, 3.63) is 29.8 Å². The van der Waals surface area contributed by atoms with Gasteiger partial charge in [-0.2, -0.15) is 0 Å². The van der Waals surface area contributed by atoms with Crippen molar-refractivity contribution in [1.29, 1.82) is 0 Å². The Labute approximate surface area is 111 Å². The number of hydrogen-bond acceptors (Lipinski definition) is 2. The standard InChI is InChI=1S/C16H25NO/c1-4-13-6-5-7-14(11-13)18-16-10-12(2)8-9-15(16)17-3/h5-7,11-12,15-17H,4,8-10H2,1-3H3. The SMILES string of the molecule is CCc1cccc(OC2CC(C)CCC2NC)c1. The number of benzene rings is 1. The molecule has 1 N–H and O–H groups in total. The van der Waals surface area contributed by atoms with Gasteiger partial charge in [0, 0.05) is 6.04 Å². The van der Waals surface area contributed by atoms with Gasteiger partial charge in [0.1, 0.15) is 11.9 Å². The van der Waals surface area contributed by atoms with Crippen molar-refractivity contribution in [2.75, 3.05) is 7.05 Å². The zero-order valence-electron chi connectivity index (χ0n) is 11.8. The molecule has 2 heteroatoms. The first-order valence-electron chi connectivity index (χ1n) is 7.15. The molecule has 1 saturated carbocycles. The second-order valence-electron chi connectivity index (χ2n) is 5.47. The lowest BCUT2D eigenvalue weighted by Gasteiger charge is -2.34. The number of nitrogens with one attached hydrogen (secondary N) is 1. The number of ether oxygens (including phenoxy) is 1. The van der Waals surface area contributed by atoms with Crippen molar-refractivity contribution >= 4 is 0 Å². The van der Waals surface area contributed by atoms with Crippen molar-refractivity contribution < 1.29 is 4.74 Å². The molecule has 100 valence electrons. The molecule has 1 fully saturated rings. The summed E-state index contributed by atoms with van der Waals surface area (Å²) in [5.41, 5.74) is 1.34. The van der Waals surface area contributed by atoms with Gasteiger partial charge in [-0.15, -0.1) is 0 Å². The summed E-state index contributed by atoms with van der Waals surface area (Å²) in [5.74, 6) is 1.79. The van der Waals surface area contributed by atoms with Gasteiger partial charge in [0.2, 0.25) is 0 Å². The maximum atomic E-state index is 6.21. The molecule has 0 saturated heterocycles. The zero-order valence-corrected chi connectivity index (χ0v) is 11.8. The molecule has 0 spiro atoms. The Balaban J connectivity index is 2.05. The highest BCUT2D eigenvalue weighted by Gasteiger charge is 2.29. The van der Waals surface area contributed by atoms with E-state index in [1.54, 1.807) is 0 Å². The first-order chi connectivity index (χ1) is 8.72. The zero-order chi connectivity index (χ0) is 13.0. The fourth-order valence-electron chi connectivity index (χ4n) is 2.80. The summed E-state index contributed by atoms with van der Waals surface area (Å²) in [6.45, 7) is 4.50. The quantitative estimate of drug-likeness (QED) is 0.880. The molecule has 2 rings (SSSR count). The topological polar surface area (TPSA) is 21.3 Å². The number of likely N-dealkylation sites (N-methyl/N-ethyl adjacent to an activating group) is 1. The van der Waals surface area contributed by atoms with E-state index in [2.05, 4.69) is 43.4 Å². The summed E-state index contributed by atoms with van der Waals surface area (Å²) in [5, 5.41) is 3.40. The minimum atomic E-state index is 0.311. The second kappa shape index (κ2) is 6.24. The van der Waals surface area contributed by atoms with Crippen LogP contribution in [0.15, 0.2) is 24.3 Å². The highest BCUT2D eigenvalue weighted by Crippen LogP contribution is 2.28. The van der Waals surface area contributed by atoms with Crippen LogP contribution >= 0.6 is 0 Å². The average molecular weight is 247 g/mol. The lowest BCUT2D eigenvalue weighted by atomic mass is 9.85. The van der Waals surface area contributed by atoms with Crippen LogP contribution in [-0.2, 0) is 6.42 Å². The Kier molecular flexibility index (Phi) is 4.65. The molecular formula is C16H25NO. The Morgan fingerprint density at radius 3 is 2.89 bits per heavy atom. The van der Waals surface area contributed by atoms with E-state index in [0.29, 0.717) is 12.1 Å². The predicted octanol–water partition coefficient (Wildman–Crippen LogP) is 3.40. The van der Waals surface area contributed by atoms with Gasteiger partial charge in [0.05, 0.1) is 0 Å². The maximum Gasteiger partial charge on any atom is 0.120 e. The molecule has 0 radical (unpaired) electrons. The van der Waals surface area contributed by atoms with Gasteiger partial charge < -0.3 is 10.1 Å². The number of aryl methyl sites for hydroxylation is 1. The molecule has 1 aliphatic rings. The van der Waals surface area contributed by atoms with E-state index in [-0.39, 0.29) is 0 Å². The van der Waals surface area contributed by atoms with Crippen LogP contribution in [-0.4, -0.2) is 19.2 Å². The fraction of sp³-hybridized carbons (Fsp3) is 0.625. The highest BCUT2D eigenvalue weighted by molar-refractivity contribution is 5.28. The fourth-order valence-corrected chi connectivity index (χ4v) is 2.80. The van der Waals surface area contributed by atoms with Crippen molar-refractivity contribution in [1.82, 2.24) is 5.32 Å². The Bertz CT molecular complexity index is 377. The smallest absolute Gasteiger partial charge is 0.120 e. The van der Waals surface area contributed by atoms with Crippen LogP contribution in [0.25, 0.3) is 0 Å². The molecule has 0 aromatic heterocycles. The number of hydrogen-bond donors (Lipinski definition) is 1. The highest BCUT2D eigenvalue weighted by atomic mass is 16.5. The van der Waals surface area contributed by atoms with Crippen LogP contribution in [0.1, 0.15) is 38.7 Å². The molecular weight excluding hydrogens is 222 g/mol. The average Bonchev–Trinajstić information content (AvgIpc) is 2.39. The molecule has 3 atom stereocenters. The molecule has 3 unspecified atom stereocenters. The molecule has 0 aliphatic heterocycles. The molecule has 0 heterocycles. The van der Waals surface area contributed by atoms with Crippen LogP contribution in [0.5, 0.6) is 5.75 Å². The minimum Gasteiger partial charge on any atom is -0.489 e. The Morgan fingerprint density at radius 1 is 1.33 bits per heavy atom. The summed E-state index contributed by atoms with van der Waals surface area (Å²) < 4.78 is 6.21. The third kappa shape index (κ3) is 3.26. The van der Waals surface area contributed by atoms with Crippen LogP contribution in [0, 0.1) is 5.92 Å². The van der Waals surface area contributed by atoms with Crippen molar-refractivity contribution in [2.45, 2.75) is 51.7 Å². The van der Waals surface area contributed by atoms with E-state index in [4.69, 9.17) is 4.74 Å². The van der Waals surface area contributed by atoms with E-state index < -0.39 is 0 Å². The lowest BCUT2D eigenvalue weighted by Crippen LogP contribution is -2.45. The maximum absolute atomic E-state index is 6.21. The first kappa shape index (κ1) is 13.4. The van der Waals surface area contributed by atoms with Gasteiger partial charge in [-0.1, -0.05) is 26.0 Å². The molecule has 0 bridgehead atoms. The first-order valence-corrected chi connectivity index (χ1v) is 7.15. The van der Waals surface area contributed by atoms with Crippen molar-refractivity contribution in [2.24, 2.45) is 5.92 Å². The van der Waals surface area contributed by atoms with Gasteiger partial charge in [-0.3, -0.25) is 0 Å². The second-order valence-corrected chi connectivity index (χ2v) is 5.47. The molecule has 1 aromatic rings. The molecule has 2 nitrogen and oxygen atoms in total. The molecule has 0 amide bonds. The van der Waals surface area contributed by atoms with Gasteiger partial charge in [-0.25, -0.2) is 0 Å². The largest absolute Gasteiger partial charge is 0.489 e. The van der Waals surface area contributed by atoms with Crippen molar-refractivity contribution in [3.63, 3.8) is 0 Å². The lowest BCUT2D eigenvalue weighted by molar-refractivity contribution is 0.0943. The van der Waals surface area contributed by atoms with Crippen LogP contribution in [0.3, 0.4) is 0 Å². The molecule has 1 aromatic carbocycles. The van der Waals surface area contributed by atoms with Crippen LogP contribution in [0.4, 0.5) is 0 Å². The summed E-state index contributed by atoms with van der Waals surface area (Å²) in [6.07, 6.45) is 5.05. The third-order valence-corrected chi connectivity index (χ3v) is 4.02. The minimum absolute atomic E-state index is 0.311. The summed E-state index contributed by atoms with van der Waals surface area (Å²) in [7, 11) is 2.04. The van der Waals surface area contributed by atoms with E-state index in [9.17, 15) is 0 Å². The monoisotopic (exact) mass is 247 g/mol. The van der Waals surface area contributed by atoms with Gasteiger partial charge >= 0.3 is 0 Å². The van der Waals surface area contributed by atoms with Gasteiger partial charge in [0.25, 0.3) is 0 Å². The van der Waals surface area contributed by atoms with E-state index in [1.165, 1.54) is 18.4 Å². The Hall–Kier alpha value is -1.02. The van der Waals surface area contributed by atoms with E-state index in [1.807, 2.05) is 7.05 Å². The predicted molar refractivity (Wildman–Crippen MR) is 76.1 cm³/mol. The summed E-state index contributed by atoms with van der Waals surface area (Å²) >= 11 is 0. The number of rotatable bonds is 4. The normalized spacial score (nSPS) is 28.1. The van der Waals surface area contributed by atoms with Gasteiger partial charge in [0.15, 0.2) is 0 Å². The van der Waals surface area contributed by atoms with E-state index >= 15 is 0 Å². The summed E-state index contributed by atoms with van der Waals surface area (Å²) in [4.78, 5) is 0. The third-order valence-electron chi connectivity index (χ3n) is 4.02. The van der Waals surface area contributed by atoms with Crippen molar-refractivity contribution in [3.8, 4) is 5.75 Å². The van der Waals surface area contributed by atoms with Crippen LogP contribution < -0.4 is 10.1 Å². The molecule has 1 aliphatic carbocycles. The van der Waals surface area contributed by atoms with Crippen LogP contribution in [0.2, 0.25) is 0 Å². The summed E-state index contributed by atoms with van der Waals surface area (Å²) in [6, 6.07) is 8.99.